The monoisotopic (exact) mass is 276 g/mol. The molecule has 1 aliphatic rings. The Kier molecular flexibility index (Phi) is 5.41. The molecule has 1 saturated heterocycles. The third-order valence-electron chi connectivity index (χ3n) is 3.72. The summed E-state index contributed by atoms with van der Waals surface area (Å²) in [5, 5.41) is 6.42. The Morgan fingerprint density at radius 2 is 2.30 bits per heavy atom. The number of methoxy groups -OCH3 is 1. The van der Waals surface area contributed by atoms with Crippen LogP contribution in [0.4, 0.5) is 0 Å². The van der Waals surface area contributed by atoms with E-state index in [1.807, 2.05) is 31.2 Å². The van der Waals surface area contributed by atoms with E-state index in [4.69, 9.17) is 4.74 Å². The van der Waals surface area contributed by atoms with Gasteiger partial charge in [-0.3, -0.25) is 4.79 Å². The van der Waals surface area contributed by atoms with Crippen molar-refractivity contribution in [3.63, 3.8) is 0 Å². The van der Waals surface area contributed by atoms with E-state index in [0.717, 1.165) is 30.7 Å². The van der Waals surface area contributed by atoms with E-state index in [2.05, 4.69) is 10.6 Å². The molecule has 2 rings (SSSR count). The molecular formula is C16H24N2O2. The van der Waals surface area contributed by atoms with Gasteiger partial charge >= 0.3 is 0 Å². The number of benzene rings is 1. The largest absolute Gasteiger partial charge is 0.496 e. The molecule has 0 saturated carbocycles. The molecule has 0 bridgehead atoms. The van der Waals surface area contributed by atoms with E-state index < -0.39 is 0 Å². The molecule has 20 heavy (non-hydrogen) atoms. The summed E-state index contributed by atoms with van der Waals surface area (Å²) in [5.41, 5.74) is 1.13. The number of nitrogens with one attached hydrogen (secondary N) is 2. The first-order chi connectivity index (χ1) is 9.69. The highest BCUT2D eigenvalue weighted by molar-refractivity contribution is 5.76. The Morgan fingerprint density at radius 3 is 3.00 bits per heavy atom. The number of hydrogen-bond acceptors (Lipinski definition) is 3. The lowest BCUT2D eigenvalue weighted by molar-refractivity contribution is -0.122. The maximum atomic E-state index is 12.0. The lowest BCUT2D eigenvalue weighted by Gasteiger charge is -2.17. The van der Waals surface area contributed by atoms with Gasteiger partial charge in [-0.1, -0.05) is 18.2 Å². The first kappa shape index (κ1) is 14.9. The molecule has 4 nitrogen and oxygen atoms in total. The highest BCUT2D eigenvalue weighted by Crippen LogP contribution is 2.19. The molecule has 2 unspecified atom stereocenters. The van der Waals surface area contributed by atoms with E-state index >= 15 is 0 Å². The fourth-order valence-electron chi connectivity index (χ4n) is 2.74. The molecule has 110 valence electrons. The topological polar surface area (TPSA) is 50.4 Å². The first-order valence-corrected chi connectivity index (χ1v) is 7.33. The molecule has 2 atom stereocenters. The molecule has 0 aliphatic carbocycles. The van der Waals surface area contributed by atoms with E-state index in [1.54, 1.807) is 7.11 Å². The summed E-state index contributed by atoms with van der Waals surface area (Å²) in [6.07, 6.45) is 3.65. The van der Waals surface area contributed by atoms with Crippen LogP contribution in [0.3, 0.4) is 0 Å². The molecule has 0 spiro atoms. The van der Waals surface area contributed by atoms with Crippen LogP contribution in [0.15, 0.2) is 24.3 Å². The summed E-state index contributed by atoms with van der Waals surface area (Å²) in [7, 11) is 1.67. The number of carbonyl (C=O) groups is 1. The van der Waals surface area contributed by atoms with Gasteiger partial charge in [0.05, 0.1) is 7.11 Å². The van der Waals surface area contributed by atoms with Crippen molar-refractivity contribution in [1.82, 2.24) is 10.6 Å². The van der Waals surface area contributed by atoms with Crippen LogP contribution in [0, 0.1) is 0 Å². The molecular weight excluding hydrogens is 252 g/mol. The van der Waals surface area contributed by atoms with E-state index in [1.165, 1.54) is 6.42 Å². The maximum Gasteiger partial charge on any atom is 0.221 e. The van der Waals surface area contributed by atoms with Gasteiger partial charge in [0.1, 0.15) is 5.75 Å². The number of hydrogen-bond donors (Lipinski definition) is 2. The zero-order valence-electron chi connectivity index (χ0n) is 12.3. The van der Waals surface area contributed by atoms with Crippen LogP contribution < -0.4 is 15.4 Å². The Balaban J connectivity index is 1.82. The number of carbonyl (C=O) groups excluding carboxylic acids is 1. The van der Waals surface area contributed by atoms with Crippen LogP contribution >= 0.6 is 0 Å². The minimum Gasteiger partial charge on any atom is -0.496 e. The predicted octanol–water partition coefficient (Wildman–Crippen LogP) is 1.88. The number of para-hydroxylation sites is 1. The normalized spacial score (nSPS) is 19.6. The van der Waals surface area contributed by atoms with Crippen LogP contribution in [0.2, 0.25) is 0 Å². The molecule has 1 heterocycles. The highest BCUT2D eigenvalue weighted by Gasteiger charge is 2.18. The average molecular weight is 276 g/mol. The van der Waals surface area contributed by atoms with Crippen LogP contribution in [0.25, 0.3) is 0 Å². The second-order valence-corrected chi connectivity index (χ2v) is 5.48. The van der Waals surface area contributed by atoms with Crippen molar-refractivity contribution in [1.29, 1.82) is 0 Å². The van der Waals surface area contributed by atoms with Crippen molar-refractivity contribution in [3.05, 3.63) is 29.8 Å². The van der Waals surface area contributed by atoms with Crippen LogP contribution in [0.5, 0.6) is 5.75 Å². The standard InChI is InChI=1S/C16H24N2O2/c1-12(10-13-6-3-4-8-15(13)20-2)18-16(19)11-14-7-5-9-17-14/h3-4,6,8,12,14,17H,5,7,9-11H2,1-2H3,(H,18,19). The lowest BCUT2D eigenvalue weighted by atomic mass is 10.1. The van der Waals surface area contributed by atoms with E-state index in [-0.39, 0.29) is 11.9 Å². The van der Waals surface area contributed by atoms with Crippen molar-refractivity contribution in [2.24, 2.45) is 0 Å². The second-order valence-electron chi connectivity index (χ2n) is 5.48. The molecule has 1 fully saturated rings. The zero-order valence-corrected chi connectivity index (χ0v) is 12.3. The number of rotatable bonds is 6. The van der Waals surface area contributed by atoms with Gasteiger partial charge in [0, 0.05) is 18.5 Å². The maximum absolute atomic E-state index is 12.0. The van der Waals surface area contributed by atoms with Gasteiger partial charge in [0.15, 0.2) is 0 Å². The smallest absolute Gasteiger partial charge is 0.221 e. The van der Waals surface area contributed by atoms with Gasteiger partial charge in [0.25, 0.3) is 0 Å². The molecule has 2 N–H and O–H groups in total. The van der Waals surface area contributed by atoms with Crippen molar-refractivity contribution in [2.45, 2.75) is 44.7 Å². The predicted molar refractivity (Wildman–Crippen MR) is 79.9 cm³/mol. The molecule has 0 radical (unpaired) electrons. The van der Waals surface area contributed by atoms with Gasteiger partial charge in [0.2, 0.25) is 5.91 Å². The van der Waals surface area contributed by atoms with Gasteiger partial charge in [-0.2, -0.15) is 0 Å². The average Bonchev–Trinajstić information content (AvgIpc) is 2.91. The Bertz CT molecular complexity index is 442. The summed E-state index contributed by atoms with van der Waals surface area (Å²) in [4.78, 5) is 12.0. The summed E-state index contributed by atoms with van der Waals surface area (Å²) >= 11 is 0. The number of ether oxygens (including phenoxy) is 1. The Labute approximate surface area is 120 Å². The van der Waals surface area contributed by atoms with Crippen molar-refractivity contribution < 1.29 is 9.53 Å². The molecule has 1 aromatic rings. The quantitative estimate of drug-likeness (QED) is 0.834. The Hall–Kier alpha value is -1.55. The van der Waals surface area contributed by atoms with Gasteiger partial charge < -0.3 is 15.4 Å². The van der Waals surface area contributed by atoms with Crippen LogP contribution in [-0.2, 0) is 11.2 Å². The third kappa shape index (κ3) is 4.23. The van der Waals surface area contributed by atoms with Gasteiger partial charge in [-0.25, -0.2) is 0 Å². The fraction of sp³-hybridized carbons (Fsp3) is 0.562. The lowest BCUT2D eigenvalue weighted by Crippen LogP contribution is -2.37. The van der Waals surface area contributed by atoms with Crippen LogP contribution in [-0.4, -0.2) is 31.6 Å². The van der Waals surface area contributed by atoms with Crippen molar-refractivity contribution >= 4 is 5.91 Å². The number of amides is 1. The second kappa shape index (κ2) is 7.29. The van der Waals surface area contributed by atoms with Crippen molar-refractivity contribution in [2.75, 3.05) is 13.7 Å². The Morgan fingerprint density at radius 1 is 1.50 bits per heavy atom. The summed E-state index contributed by atoms with van der Waals surface area (Å²) in [6, 6.07) is 8.41. The molecule has 1 aromatic carbocycles. The molecule has 4 heteroatoms. The molecule has 0 aromatic heterocycles. The summed E-state index contributed by atoms with van der Waals surface area (Å²) in [5.74, 6) is 1.01. The highest BCUT2D eigenvalue weighted by atomic mass is 16.5. The summed E-state index contributed by atoms with van der Waals surface area (Å²) < 4.78 is 5.34. The minimum atomic E-state index is 0.111. The molecule has 1 amide bonds. The van der Waals surface area contributed by atoms with Crippen molar-refractivity contribution in [3.8, 4) is 5.75 Å². The van der Waals surface area contributed by atoms with Gasteiger partial charge in [-0.15, -0.1) is 0 Å². The van der Waals surface area contributed by atoms with Crippen LogP contribution in [0.1, 0.15) is 31.7 Å². The zero-order chi connectivity index (χ0) is 14.4. The van der Waals surface area contributed by atoms with Gasteiger partial charge in [-0.05, 0) is 44.4 Å². The van der Waals surface area contributed by atoms with E-state index in [0.29, 0.717) is 12.5 Å². The third-order valence-corrected chi connectivity index (χ3v) is 3.72. The summed E-state index contributed by atoms with van der Waals surface area (Å²) in [6.45, 7) is 3.07. The molecule has 1 aliphatic heterocycles. The minimum absolute atomic E-state index is 0.111. The fourth-order valence-corrected chi connectivity index (χ4v) is 2.74. The SMILES string of the molecule is COc1ccccc1CC(C)NC(=O)CC1CCCN1. The first-order valence-electron chi connectivity index (χ1n) is 7.33. The van der Waals surface area contributed by atoms with E-state index in [9.17, 15) is 4.79 Å².